The Kier molecular flexibility index (Phi) is 4.82. The summed E-state index contributed by atoms with van der Waals surface area (Å²) >= 11 is 0. The average Bonchev–Trinajstić information content (AvgIpc) is 2.49. The predicted molar refractivity (Wildman–Crippen MR) is 80.8 cm³/mol. The summed E-state index contributed by atoms with van der Waals surface area (Å²) < 4.78 is 32.3. The van der Waals surface area contributed by atoms with Crippen molar-refractivity contribution in [3.8, 4) is 5.75 Å². The third-order valence-corrected chi connectivity index (χ3v) is 4.19. The third-order valence-electron chi connectivity index (χ3n) is 2.81. The summed E-state index contributed by atoms with van der Waals surface area (Å²) in [5, 5.41) is 9.07. The highest BCUT2D eigenvalue weighted by Gasteiger charge is 2.14. The van der Waals surface area contributed by atoms with Crippen LogP contribution in [0.4, 0.5) is 5.69 Å². The molecule has 0 radical (unpaired) electrons. The summed E-state index contributed by atoms with van der Waals surface area (Å²) in [6, 6.07) is 12.9. The molecule has 21 heavy (non-hydrogen) atoms. The third kappa shape index (κ3) is 3.96. The zero-order chi connectivity index (χ0) is 15.3. The Labute approximate surface area is 124 Å². The maximum Gasteiger partial charge on any atom is 0.261 e. The Morgan fingerprint density at radius 3 is 2.48 bits per heavy atom. The average molecular weight is 307 g/mol. The first-order chi connectivity index (χ1) is 10.0. The minimum atomic E-state index is -3.67. The fraction of sp³-hybridized carbons (Fsp3) is 0.200. The van der Waals surface area contributed by atoms with E-state index in [-0.39, 0.29) is 11.5 Å². The summed E-state index contributed by atoms with van der Waals surface area (Å²) in [5.74, 6) is 0.683. The number of ether oxygens (including phenoxy) is 1. The van der Waals surface area contributed by atoms with Crippen molar-refractivity contribution in [3.05, 3.63) is 54.1 Å². The summed E-state index contributed by atoms with van der Waals surface area (Å²) in [4.78, 5) is 0.114. The van der Waals surface area contributed by atoms with Crippen molar-refractivity contribution >= 4 is 15.7 Å². The Morgan fingerprint density at radius 1 is 1.14 bits per heavy atom. The van der Waals surface area contributed by atoms with Crippen LogP contribution >= 0.6 is 0 Å². The highest BCUT2D eigenvalue weighted by Crippen LogP contribution is 2.20. The van der Waals surface area contributed by atoms with Crippen LogP contribution in [-0.2, 0) is 16.6 Å². The first-order valence-corrected chi connectivity index (χ1v) is 7.99. The van der Waals surface area contributed by atoms with Gasteiger partial charge in [0.1, 0.15) is 5.75 Å². The summed E-state index contributed by atoms with van der Waals surface area (Å²) in [5.41, 5.74) is 0.998. The molecule has 2 N–H and O–H groups in total. The van der Waals surface area contributed by atoms with Crippen LogP contribution in [0.5, 0.6) is 5.75 Å². The van der Waals surface area contributed by atoms with Crippen molar-refractivity contribution in [1.82, 2.24) is 0 Å². The van der Waals surface area contributed by atoms with E-state index >= 15 is 0 Å². The standard InChI is InChI=1S/C15H17NO4S/c1-2-20-14-8-6-13(7-9-14)16-21(18,19)15-5-3-4-12(10-15)11-17/h3-10,16-17H,2,11H2,1H3. The molecule has 0 saturated carbocycles. The lowest BCUT2D eigenvalue weighted by Gasteiger charge is -2.10. The van der Waals surface area contributed by atoms with Crippen LogP contribution in [0.15, 0.2) is 53.4 Å². The second-order valence-corrected chi connectivity index (χ2v) is 6.05. The molecule has 2 rings (SSSR count). The van der Waals surface area contributed by atoms with Gasteiger partial charge in [0.2, 0.25) is 0 Å². The lowest BCUT2D eigenvalue weighted by Crippen LogP contribution is -2.13. The molecule has 0 heterocycles. The van der Waals surface area contributed by atoms with E-state index in [1.807, 2.05) is 6.92 Å². The number of aliphatic hydroxyl groups excluding tert-OH is 1. The largest absolute Gasteiger partial charge is 0.494 e. The number of anilines is 1. The van der Waals surface area contributed by atoms with E-state index in [9.17, 15) is 8.42 Å². The number of sulfonamides is 1. The van der Waals surface area contributed by atoms with Crippen LogP contribution in [0.1, 0.15) is 12.5 Å². The van der Waals surface area contributed by atoms with Gasteiger partial charge in [-0.25, -0.2) is 8.42 Å². The summed E-state index contributed by atoms with van der Waals surface area (Å²) in [6.07, 6.45) is 0. The normalized spacial score (nSPS) is 11.1. The molecule has 0 fully saturated rings. The van der Waals surface area contributed by atoms with Crippen molar-refractivity contribution in [2.75, 3.05) is 11.3 Å². The van der Waals surface area contributed by atoms with Crippen molar-refractivity contribution in [2.24, 2.45) is 0 Å². The van der Waals surface area contributed by atoms with Gasteiger partial charge in [-0.05, 0) is 48.9 Å². The molecular formula is C15H17NO4S. The topological polar surface area (TPSA) is 75.6 Å². The molecular weight excluding hydrogens is 290 g/mol. The molecule has 0 spiro atoms. The lowest BCUT2D eigenvalue weighted by atomic mass is 10.2. The van der Waals surface area contributed by atoms with Gasteiger partial charge in [0.05, 0.1) is 18.1 Å². The van der Waals surface area contributed by atoms with Crippen LogP contribution in [0.3, 0.4) is 0 Å². The quantitative estimate of drug-likeness (QED) is 0.859. The fourth-order valence-electron chi connectivity index (χ4n) is 1.81. The van der Waals surface area contributed by atoms with Crippen molar-refractivity contribution < 1.29 is 18.3 Å². The van der Waals surface area contributed by atoms with Gasteiger partial charge in [0.25, 0.3) is 10.0 Å². The molecule has 0 aliphatic rings. The van der Waals surface area contributed by atoms with E-state index in [1.54, 1.807) is 36.4 Å². The molecule has 0 atom stereocenters. The van der Waals surface area contributed by atoms with Crippen LogP contribution in [0, 0.1) is 0 Å². The van der Waals surface area contributed by atoms with Gasteiger partial charge in [-0.1, -0.05) is 12.1 Å². The minimum Gasteiger partial charge on any atom is -0.494 e. The summed E-state index contributed by atoms with van der Waals surface area (Å²) in [7, 11) is -3.67. The van der Waals surface area contributed by atoms with Crippen LogP contribution in [-0.4, -0.2) is 20.1 Å². The van der Waals surface area contributed by atoms with Gasteiger partial charge < -0.3 is 9.84 Å². The van der Waals surface area contributed by atoms with Gasteiger partial charge in [0.15, 0.2) is 0 Å². The van der Waals surface area contributed by atoms with Gasteiger partial charge >= 0.3 is 0 Å². The number of nitrogens with one attached hydrogen (secondary N) is 1. The zero-order valence-electron chi connectivity index (χ0n) is 11.6. The number of hydrogen-bond donors (Lipinski definition) is 2. The molecule has 0 bridgehead atoms. The number of benzene rings is 2. The van der Waals surface area contributed by atoms with E-state index in [2.05, 4.69) is 4.72 Å². The molecule has 2 aromatic carbocycles. The van der Waals surface area contributed by atoms with E-state index in [4.69, 9.17) is 9.84 Å². The molecule has 5 nitrogen and oxygen atoms in total. The van der Waals surface area contributed by atoms with Gasteiger partial charge in [-0.15, -0.1) is 0 Å². The molecule has 0 saturated heterocycles. The first kappa shape index (κ1) is 15.3. The van der Waals surface area contributed by atoms with Crippen molar-refractivity contribution in [3.63, 3.8) is 0 Å². The Hall–Kier alpha value is -2.05. The van der Waals surface area contributed by atoms with E-state index in [0.717, 1.165) is 0 Å². The van der Waals surface area contributed by atoms with E-state index < -0.39 is 10.0 Å². The van der Waals surface area contributed by atoms with Crippen molar-refractivity contribution in [2.45, 2.75) is 18.4 Å². The number of aliphatic hydroxyl groups is 1. The zero-order valence-corrected chi connectivity index (χ0v) is 12.4. The SMILES string of the molecule is CCOc1ccc(NS(=O)(=O)c2cccc(CO)c2)cc1. The molecule has 0 amide bonds. The molecule has 2 aromatic rings. The van der Waals surface area contributed by atoms with Crippen LogP contribution in [0.25, 0.3) is 0 Å². The molecule has 0 aliphatic carbocycles. The molecule has 0 aliphatic heterocycles. The Bertz CT molecular complexity index is 696. The van der Waals surface area contributed by atoms with Gasteiger partial charge in [-0.3, -0.25) is 4.72 Å². The maximum absolute atomic E-state index is 12.3. The Morgan fingerprint density at radius 2 is 1.86 bits per heavy atom. The predicted octanol–water partition coefficient (Wildman–Crippen LogP) is 2.38. The lowest BCUT2D eigenvalue weighted by molar-refractivity contribution is 0.281. The maximum atomic E-state index is 12.3. The van der Waals surface area contributed by atoms with Crippen LogP contribution in [0.2, 0.25) is 0 Å². The highest BCUT2D eigenvalue weighted by atomic mass is 32.2. The molecule has 0 unspecified atom stereocenters. The van der Waals surface area contributed by atoms with E-state index in [0.29, 0.717) is 23.6 Å². The van der Waals surface area contributed by atoms with Gasteiger partial charge in [0, 0.05) is 5.69 Å². The second-order valence-electron chi connectivity index (χ2n) is 4.37. The molecule has 6 heteroatoms. The molecule has 0 aromatic heterocycles. The molecule has 112 valence electrons. The highest BCUT2D eigenvalue weighted by molar-refractivity contribution is 7.92. The van der Waals surface area contributed by atoms with Crippen LogP contribution < -0.4 is 9.46 Å². The fourth-order valence-corrected chi connectivity index (χ4v) is 2.94. The second kappa shape index (κ2) is 6.60. The minimum absolute atomic E-state index is 0.114. The smallest absolute Gasteiger partial charge is 0.261 e. The monoisotopic (exact) mass is 307 g/mol. The van der Waals surface area contributed by atoms with E-state index in [1.165, 1.54) is 12.1 Å². The number of hydrogen-bond acceptors (Lipinski definition) is 4. The number of rotatable bonds is 6. The summed E-state index contributed by atoms with van der Waals surface area (Å²) in [6.45, 7) is 2.23. The van der Waals surface area contributed by atoms with Crippen molar-refractivity contribution in [1.29, 1.82) is 0 Å². The van der Waals surface area contributed by atoms with Gasteiger partial charge in [-0.2, -0.15) is 0 Å². The first-order valence-electron chi connectivity index (χ1n) is 6.50. The Balaban J connectivity index is 2.20.